The van der Waals surface area contributed by atoms with Crippen molar-refractivity contribution in [2.24, 2.45) is 0 Å². The molecule has 0 radical (unpaired) electrons. The van der Waals surface area contributed by atoms with Crippen molar-refractivity contribution < 1.29 is 36.8 Å². The number of fused-ring (bicyclic) bond motifs is 1. The molecular formula is C26H22N2O9S. The van der Waals surface area contributed by atoms with Crippen molar-refractivity contribution in [3.05, 3.63) is 93.7 Å². The first-order valence-electron chi connectivity index (χ1n) is 11.3. The summed E-state index contributed by atoms with van der Waals surface area (Å²) in [6.45, 7) is 3.72. The highest BCUT2D eigenvalue weighted by Gasteiger charge is 2.33. The van der Waals surface area contributed by atoms with Crippen LogP contribution >= 0.6 is 0 Å². The largest absolute Gasteiger partial charge is 0.494 e. The Kier molecular flexibility index (Phi) is 7.17. The molecule has 12 heteroatoms. The van der Waals surface area contributed by atoms with E-state index in [2.05, 4.69) is 0 Å². The fraction of sp³-hybridized carbons (Fsp3) is 0.154. The molecule has 4 rings (SSSR count). The van der Waals surface area contributed by atoms with Gasteiger partial charge in [0.25, 0.3) is 21.6 Å². The van der Waals surface area contributed by atoms with Crippen molar-refractivity contribution in [1.82, 2.24) is 0 Å². The molecule has 0 aliphatic carbocycles. The fourth-order valence-electron chi connectivity index (χ4n) is 3.88. The number of hydrogen-bond acceptors (Lipinski definition) is 9. The van der Waals surface area contributed by atoms with Gasteiger partial charge in [-0.25, -0.2) is 13.2 Å². The van der Waals surface area contributed by atoms with Gasteiger partial charge in [0.15, 0.2) is 0 Å². The first-order valence-corrected chi connectivity index (χ1v) is 12.7. The zero-order chi connectivity index (χ0) is 27.6. The predicted octanol–water partition coefficient (Wildman–Crippen LogP) is 4.87. The number of anilines is 1. The summed E-state index contributed by atoms with van der Waals surface area (Å²) in [5.74, 6) is -0.960. The zero-order valence-electron chi connectivity index (χ0n) is 20.5. The molecule has 196 valence electrons. The van der Waals surface area contributed by atoms with E-state index in [0.29, 0.717) is 16.7 Å². The predicted molar refractivity (Wildman–Crippen MR) is 137 cm³/mol. The first-order chi connectivity index (χ1) is 18.1. The fourth-order valence-corrected chi connectivity index (χ4v) is 5.28. The quantitative estimate of drug-likeness (QED) is 0.174. The number of esters is 1. The van der Waals surface area contributed by atoms with E-state index in [1.165, 1.54) is 61.7 Å². The number of sulfonamides is 1. The lowest BCUT2D eigenvalue weighted by molar-refractivity contribution is -0.384. The summed E-state index contributed by atoms with van der Waals surface area (Å²) in [6, 6.07) is 14.2. The van der Waals surface area contributed by atoms with Gasteiger partial charge in [0.05, 0.1) is 29.2 Å². The molecule has 3 aromatic carbocycles. The molecule has 0 aliphatic heterocycles. The number of ether oxygens (including phenoxy) is 2. The molecule has 1 aromatic heterocycles. The van der Waals surface area contributed by atoms with Crippen LogP contribution in [0.1, 0.15) is 33.4 Å². The van der Waals surface area contributed by atoms with Crippen LogP contribution in [-0.4, -0.2) is 38.9 Å². The van der Waals surface area contributed by atoms with Gasteiger partial charge in [0, 0.05) is 23.1 Å². The number of benzene rings is 3. The van der Waals surface area contributed by atoms with Crippen LogP contribution in [0.4, 0.5) is 11.4 Å². The third kappa shape index (κ3) is 4.81. The monoisotopic (exact) mass is 538 g/mol. The number of rotatable bonds is 8. The Hall–Kier alpha value is -4.71. The molecule has 0 unspecified atom stereocenters. The Morgan fingerprint density at radius 3 is 2.26 bits per heavy atom. The number of nitro groups is 1. The third-order valence-electron chi connectivity index (χ3n) is 5.65. The Bertz CT molecular complexity index is 1640. The van der Waals surface area contributed by atoms with Crippen LogP contribution in [0, 0.1) is 17.0 Å². The second kappa shape index (κ2) is 10.3. The Balaban J connectivity index is 1.90. The minimum Gasteiger partial charge on any atom is -0.494 e. The minimum absolute atomic E-state index is 0.0827. The molecule has 1 heterocycles. The lowest BCUT2D eigenvalue weighted by Gasteiger charge is -2.23. The number of hydrogen-bond donors (Lipinski definition) is 0. The van der Waals surface area contributed by atoms with Gasteiger partial charge in [0.2, 0.25) is 0 Å². The number of non-ortho nitro benzene ring substituents is 1. The standard InChI is InChI=1S/C26H22N2O9S/c1-4-36-20-10-12-21(13-11-20)38(33,34)27(25(29)17-5-7-18(8-6-17)28(31)32)19-9-14-23-22(15-19)24(16(2)37-23)26(30)35-3/h5-15H,4H2,1-3H3. The molecule has 0 fully saturated rings. The number of furan rings is 1. The van der Waals surface area contributed by atoms with Gasteiger partial charge in [-0.1, -0.05) is 0 Å². The van der Waals surface area contributed by atoms with Crippen LogP contribution in [0.25, 0.3) is 11.0 Å². The van der Waals surface area contributed by atoms with Gasteiger partial charge in [-0.15, -0.1) is 0 Å². The van der Waals surface area contributed by atoms with E-state index >= 15 is 0 Å². The van der Waals surface area contributed by atoms with Gasteiger partial charge >= 0.3 is 5.97 Å². The maximum Gasteiger partial charge on any atom is 0.342 e. The topological polar surface area (TPSA) is 146 Å². The number of carbonyl (C=O) groups excluding carboxylic acids is 2. The highest BCUT2D eigenvalue weighted by molar-refractivity contribution is 7.93. The Morgan fingerprint density at radius 1 is 1.03 bits per heavy atom. The summed E-state index contributed by atoms with van der Waals surface area (Å²) in [6.07, 6.45) is 0. The first kappa shape index (κ1) is 26.4. The van der Waals surface area contributed by atoms with E-state index in [1.54, 1.807) is 13.8 Å². The average molecular weight is 539 g/mol. The molecule has 0 aliphatic rings. The summed E-state index contributed by atoms with van der Waals surface area (Å²) >= 11 is 0. The SMILES string of the molecule is CCOc1ccc(S(=O)(=O)N(C(=O)c2ccc([N+](=O)[O-])cc2)c2ccc3oc(C)c(C(=O)OC)c3c2)cc1. The molecule has 38 heavy (non-hydrogen) atoms. The number of methoxy groups -OCH3 is 1. The number of amides is 1. The third-order valence-corrected chi connectivity index (χ3v) is 7.38. The van der Waals surface area contributed by atoms with E-state index < -0.39 is 26.8 Å². The van der Waals surface area contributed by atoms with E-state index in [-0.39, 0.29) is 44.1 Å². The lowest BCUT2D eigenvalue weighted by Crippen LogP contribution is -2.37. The second-order valence-electron chi connectivity index (χ2n) is 7.99. The molecule has 4 aromatic rings. The van der Waals surface area contributed by atoms with Crippen LogP contribution in [-0.2, 0) is 14.8 Å². The maximum atomic E-state index is 13.8. The maximum absolute atomic E-state index is 13.8. The van der Waals surface area contributed by atoms with Crippen molar-refractivity contribution >= 4 is 44.2 Å². The highest BCUT2D eigenvalue weighted by atomic mass is 32.2. The molecule has 0 N–H and O–H groups in total. The molecule has 11 nitrogen and oxygen atoms in total. The van der Waals surface area contributed by atoms with Crippen molar-refractivity contribution in [2.75, 3.05) is 18.0 Å². The number of aryl methyl sites for hydroxylation is 1. The molecule has 0 spiro atoms. The van der Waals surface area contributed by atoms with Crippen LogP contribution < -0.4 is 9.04 Å². The zero-order valence-corrected chi connectivity index (χ0v) is 21.4. The Labute approximate surface area is 217 Å². The van der Waals surface area contributed by atoms with Crippen molar-refractivity contribution in [3.63, 3.8) is 0 Å². The average Bonchev–Trinajstić information content (AvgIpc) is 3.23. The minimum atomic E-state index is -4.51. The van der Waals surface area contributed by atoms with Gasteiger partial charge in [-0.2, -0.15) is 4.31 Å². The smallest absolute Gasteiger partial charge is 0.342 e. The van der Waals surface area contributed by atoms with Crippen LogP contribution in [0.15, 0.2) is 76.0 Å². The molecule has 0 saturated heterocycles. The normalized spacial score (nSPS) is 11.2. The molecule has 0 bridgehead atoms. The van der Waals surface area contributed by atoms with Crippen molar-refractivity contribution in [2.45, 2.75) is 18.7 Å². The van der Waals surface area contributed by atoms with Gasteiger partial charge in [-0.05, 0) is 68.4 Å². The lowest BCUT2D eigenvalue weighted by atomic mass is 10.1. The summed E-state index contributed by atoms with van der Waals surface area (Å²) < 4.78 is 44.1. The number of carbonyl (C=O) groups is 2. The second-order valence-corrected chi connectivity index (χ2v) is 9.77. The number of nitrogens with zero attached hydrogens (tertiary/aromatic N) is 2. The van der Waals surface area contributed by atoms with Crippen LogP contribution in [0.3, 0.4) is 0 Å². The van der Waals surface area contributed by atoms with Gasteiger partial charge < -0.3 is 13.9 Å². The summed E-state index contributed by atoms with van der Waals surface area (Å²) in [5, 5.41) is 11.3. The highest BCUT2D eigenvalue weighted by Crippen LogP contribution is 2.34. The van der Waals surface area contributed by atoms with Crippen LogP contribution in [0.2, 0.25) is 0 Å². The summed E-state index contributed by atoms with van der Waals surface area (Å²) in [5.41, 5.74) is -0.0821. The van der Waals surface area contributed by atoms with E-state index in [1.807, 2.05) is 0 Å². The van der Waals surface area contributed by atoms with E-state index in [0.717, 1.165) is 12.1 Å². The Morgan fingerprint density at radius 2 is 1.68 bits per heavy atom. The van der Waals surface area contributed by atoms with Crippen molar-refractivity contribution in [3.8, 4) is 5.75 Å². The summed E-state index contributed by atoms with van der Waals surface area (Å²) in [4.78, 5) is 36.3. The van der Waals surface area contributed by atoms with Crippen molar-refractivity contribution in [1.29, 1.82) is 0 Å². The summed E-state index contributed by atoms with van der Waals surface area (Å²) in [7, 11) is -3.31. The van der Waals surface area contributed by atoms with Gasteiger partial charge in [0.1, 0.15) is 22.7 Å². The molecule has 0 atom stereocenters. The van der Waals surface area contributed by atoms with Gasteiger partial charge in [-0.3, -0.25) is 14.9 Å². The van der Waals surface area contributed by atoms with Crippen LogP contribution in [0.5, 0.6) is 5.75 Å². The van der Waals surface area contributed by atoms with E-state index in [4.69, 9.17) is 13.9 Å². The molecule has 0 saturated carbocycles. The number of nitro benzene ring substituents is 1. The van der Waals surface area contributed by atoms with E-state index in [9.17, 15) is 28.1 Å². The molecule has 1 amide bonds. The molecular weight excluding hydrogens is 516 g/mol.